The van der Waals surface area contributed by atoms with Crippen LogP contribution in [0.2, 0.25) is 0 Å². The van der Waals surface area contributed by atoms with E-state index in [0.717, 1.165) is 16.4 Å². The molecule has 2 aromatic carbocycles. The molecule has 0 atom stereocenters. The van der Waals surface area contributed by atoms with E-state index in [1.54, 1.807) is 0 Å². The monoisotopic (exact) mass is 265 g/mol. The molecule has 0 saturated carbocycles. The molecule has 0 unspecified atom stereocenters. The van der Waals surface area contributed by atoms with E-state index in [-0.39, 0.29) is 11.3 Å². The van der Waals surface area contributed by atoms with Gasteiger partial charge in [0.25, 0.3) is 0 Å². The molecule has 96 valence electrons. The molecule has 0 aliphatic carbocycles. The lowest BCUT2D eigenvalue weighted by atomic mass is 10.2. The van der Waals surface area contributed by atoms with Crippen molar-refractivity contribution in [3.05, 3.63) is 59.9 Å². The summed E-state index contributed by atoms with van der Waals surface area (Å²) < 4.78 is 13.9. The molecule has 0 N–H and O–H groups in total. The van der Waals surface area contributed by atoms with Crippen LogP contribution in [0.15, 0.2) is 48.5 Å². The fraction of sp³-hybridized carbons (Fsp3) is 0. The van der Waals surface area contributed by atoms with Crippen molar-refractivity contribution in [3.8, 4) is 23.1 Å². The molecule has 0 saturated heterocycles. The highest BCUT2D eigenvalue weighted by molar-refractivity contribution is 5.53. The first-order chi connectivity index (χ1) is 9.78. The average Bonchev–Trinajstić information content (AvgIpc) is 2.97. The van der Waals surface area contributed by atoms with Gasteiger partial charge in [0.1, 0.15) is 5.69 Å². The van der Waals surface area contributed by atoms with E-state index in [0.29, 0.717) is 5.82 Å². The lowest BCUT2D eigenvalue weighted by Crippen LogP contribution is -2.02. The molecule has 0 aliphatic rings. The van der Waals surface area contributed by atoms with Gasteiger partial charge in [-0.25, -0.2) is 4.39 Å². The molecule has 20 heavy (non-hydrogen) atoms. The number of rotatable bonds is 2. The number of aromatic nitrogens is 4. The van der Waals surface area contributed by atoms with Gasteiger partial charge in [0.05, 0.1) is 11.6 Å². The second-order valence-electron chi connectivity index (χ2n) is 4.05. The first kappa shape index (κ1) is 12.0. The molecule has 0 radical (unpaired) electrons. The second kappa shape index (κ2) is 4.90. The maximum Gasteiger partial charge on any atom is 0.205 e. The van der Waals surface area contributed by atoms with Gasteiger partial charge in [-0.05, 0) is 23.4 Å². The van der Waals surface area contributed by atoms with E-state index in [9.17, 15) is 4.39 Å². The summed E-state index contributed by atoms with van der Waals surface area (Å²) in [6, 6.07) is 15.3. The third-order valence-corrected chi connectivity index (χ3v) is 2.74. The van der Waals surface area contributed by atoms with Crippen molar-refractivity contribution in [2.75, 3.05) is 0 Å². The van der Waals surface area contributed by atoms with E-state index < -0.39 is 5.82 Å². The van der Waals surface area contributed by atoms with E-state index in [1.807, 2.05) is 36.4 Å². The SMILES string of the molecule is N#Cc1ccc(-n2nnc(-c3ccccc3)n2)c(F)c1. The minimum absolute atomic E-state index is 0.152. The minimum Gasteiger partial charge on any atom is -0.204 e. The molecule has 0 aliphatic heterocycles. The summed E-state index contributed by atoms with van der Waals surface area (Å²) in [5, 5.41) is 20.6. The molecule has 1 aromatic heterocycles. The fourth-order valence-electron chi connectivity index (χ4n) is 1.76. The van der Waals surface area contributed by atoms with E-state index in [4.69, 9.17) is 5.26 Å². The van der Waals surface area contributed by atoms with Crippen LogP contribution >= 0.6 is 0 Å². The number of tetrazole rings is 1. The number of benzene rings is 2. The summed E-state index contributed by atoms with van der Waals surface area (Å²) in [6.07, 6.45) is 0. The molecule has 0 fully saturated rings. The maximum atomic E-state index is 13.9. The molecular weight excluding hydrogens is 257 g/mol. The summed E-state index contributed by atoms with van der Waals surface area (Å²) in [7, 11) is 0. The Balaban J connectivity index is 2.01. The Bertz CT molecular complexity index is 789. The van der Waals surface area contributed by atoms with Crippen LogP contribution in [0.5, 0.6) is 0 Å². The van der Waals surface area contributed by atoms with Gasteiger partial charge < -0.3 is 0 Å². The van der Waals surface area contributed by atoms with Crippen LogP contribution in [0.25, 0.3) is 17.1 Å². The third-order valence-electron chi connectivity index (χ3n) is 2.74. The maximum absolute atomic E-state index is 13.9. The van der Waals surface area contributed by atoms with E-state index >= 15 is 0 Å². The highest BCUT2D eigenvalue weighted by atomic mass is 19.1. The highest BCUT2D eigenvalue weighted by Gasteiger charge is 2.11. The fourth-order valence-corrected chi connectivity index (χ4v) is 1.76. The Morgan fingerprint density at radius 2 is 1.90 bits per heavy atom. The van der Waals surface area contributed by atoms with Crippen molar-refractivity contribution in [2.45, 2.75) is 0 Å². The van der Waals surface area contributed by atoms with Gasteiger partial charge >= 0.3 is 0 Å². The minimum atomic E-state index is -0.568. The van der Waals surface area contributed by atoms with Crippen LogP contribution in [-0.4, -0.2) is 20.2 Å². The van der Waals surface area contributed by atoms with Gasteiger partial charge in [0.15, 0.2) is 5.82 Å². The number of hydrogen-bond donors (Lipinski definition) is 0. The molecule has 6 heteroatoms. The smallest absolute Gasteiger partial charge is 0.204 e. The summed E-state index contributed by atoms with van der Waals surface area (Å²) in [5.41, 5.74) is 1.20. The predicted molar refractivity (Wildman–Crippen MR) is 69.3 cm³/mol. The summed E-state index contributed by atoms with van der Waals surface area (Å²) in [4.78, 5) is 1.11. The van der Waals surface area contributed by atoms with Crippen LogP contribution < -0.4 is 0 Å². The normalized spacial score (nSPS) is 10.2. The molecule has 0 bridgehead atoms. The molecule has 3 aromatic rings. The Morgan fingerprint density at radius 3 is 2.60 bits per heavy atom. The van der Waals surface area contributed by atoms with Crippen molar-refractivity contribution in [2.24, 2.45) is 0 Å². The van der Waals surface area contributed by atoms with Crippen LogP contribution in [0.4, 0.5) is 4.39 Å². The average molecular weight is 265 g/mol. The van der Waals surface area contributed by atoms with Crippen LogP contribution in [0, 0.1) is 17.1 Å². The van der Waals surface area contributed by atoms with Crippen molar-refractivity contribution < 1.29 is 4.39 Å². The first-order valence-electron chi connectivity index (χ1n) is 5.83. The topological polar surface area (TPSA) is 67.4 Å². The zero-order valence-corrected chi connectivity index (χ0v) is 10.2. The number of nitrogens with zero attached hydrogens (tertiary/aromatic N) is 5. The lowest BCUT2D eigenvalue weighted by Gasteiger charge is -2.00. The molecule has 1 heterocycles. The van der Waals surface area contributed by atoms with Gasteiger partial charge in [0, 0.05) is 5.56 Å². The van der Waals surface area contributed by atoms with Gasteiger partial charge in [-0.1, -0.05) is 30.3 Å². The van der Waals surface area contributed by atoms with E-state index in [1.165, 1.54) is 12.1 Å². The summed E-state index contributed by atoms with van der Waals surface area (Å²) in [5.74, 6) is -0.157. The quantitative estimate of drug-likeness (QED) is 0.713. The van der Waals surface area contributed by atoms with Crippen molar-refractivity contribution >= 4 is 0 Å². The van der Waals surface area contributed by atoms with Gasteiger partial charge in [0.2, 0.25) is 5.82 Å². The third kappa shape index (κ3) is 2.12. The molecule has 5 nitrogen and oxygen atoms in total. The van der Waals surface area contributed by atoms with Crippen LogP contribution in [-0.2, 0) is 0 Å². The second-order valence-corrected chi connectivity index (χ2v) is 4.05. The van der Waals surface area contributed by atoms with Crippen molar-refractivity contribution in [1.29, 1.82) is 5.26 Å². The van der Waals surface area contributed by atoms with E-state index in [2.05, 4.69) is 15.4 Å². The summed E-state index contributed by atoms with van der Waals surface area (Å²) in [6.45, 7) is 0. The molecule has 0 spiro atoms. The van der Waals surface area contributed by atoms with Crippen LogP contribution in [0.1, 0.15) is 5.56 Å². The lowest BCUT2D eigenvalue weighted by molar-refractivity contribution is 0.591. The van der Waals surface area contributed by atoms with Gasteiger partial charge in [-0.3, -0.25) is 0 Å². The largest absolute Gasteiger partial charge is 0.205 e. The molecular formula is C14H8FN5. The van der Waals surface area contributed by atoms with Gasteiger partial charge in [-0.15, -0.1) is 15.0 Å². The Hall–Kier alpha value is -3.07. The Kier molecular flexibility index (Phi) is 2.94. The number of nitriles is 1. The van der Waals surface area contributed by atoms with Crippen molar-refractivity contribution in [1.82, 2.24) is 20.2 Å². The molecule has 3 rings (SSSR count). The Morgan fingerprint density at radius 1 is 1.10 bits per heavy atom. The zero-order chi connectivity index (χ0) is 13.9. The Labute approximate surface area is 113 Å². The predicted octanol–water partition coefficient (Wildman–Crippen LogP) is 2.34. The molecule has 0 amide bonds. The summed E-state index contributed by atoms with van der Waals surface area (Å²) >= 11 is 0. The number of hydrogen-bond acceptors (Lipinski definition) is 4. The van der Waals surface area contributed by atoms with Crippen molar-refractivity contribution in [3.63, 3.8) is 0 Å². The van der Waals surface area contributed by atoms with Crippen LogP contribution in [0.3, 0.4) is 0 Å². The van der Waals surface area contributed by atoms with Gasteiger partial charge in [-0.2, -0.15) is 5.26 Å². The zero-order valence-electron chi connectivity index (χ0n) is 10.2. The standard InChI is InChI=1S/C14H8FN5/c15-12-8-10(9-16)6-7-13(12)20-18-14(17-19-20)11-4-2-1-3-5-11/h1-8H. The number of halogens is 1. The first-order valence-corrected chi connectivity index (χ1v) is 5.83. The highest BCUT2D eigenvalue weighted by Crippen LogP contribution is 2.16.